The molecule has 0 unspecified atom stereocenters. The molecule has 1 saturated carbocycles. The van der Waals surface area contributed by atoms with E-state index >= 15 is 0 Å². The van der Waals surface area contributed by atoms with E-state index in [2.05, 4.69) is 60.7 Å². The average Bonchev–Trinajstić information content (AvgIpc) is 2.52. The van der Waals surface area contributed by atoms with E-state index in [0.29, 0.717) is 10.2 Å². The van der Waals surface area contributed by atoms with Crippen LogP contribution in [0.2, 0.25) is 0 Å². The minimum Gasteiger partial charge on any atom is -0.303 e. The molecule has 0 radical (unpaired) electrons. The zero-order valence-corrected chi connectivity index (χ0v) is 15.8. The number of nitrogens with one attached hydrogen (secondary N) is 1. The smallest absolute Gasteiger partial charge is 0.0229 e. The molecule has 2 nitrogen and oxygen atoms in total. The highest BCUT2D eigenvalue weighted by Crippen LogP contribution is 2.50. The molecule has 2 aliphatic rings. The summed E-state index contributed by atoms with van der Waals surface area (Å²) in [5, 5.41) is 0. The lowest BCUT2D eigenvalue weighted by atomic mass is 9.59. The first-order valence-electron chi connectivity index (χ1n) is 9.17. The van der Waals surface area contributed by atoms with Gasteiger partial charge in [0.15, 0.2) is 0 Å². The van der Waals surface area contributed by atoms with Crippen LogP contribution in [0.25, 0.3) is 0 Å². The van der Waals surface area contributed by atoms with Gasteiger partial charge in [-0.25, -0.2) is 0 Å². The number of benzene rings is 1. The fraction of sp³-hybridized carbons (Fsp3) is 0.700. The summed E-state index contributed by atoms with van der Waals surface area (Å²) in [4.78, 5) is 2.67. The summed E-state index contributed by atoms with van der Waals surface area (Å²) in [5.74, 6) is 0. The minimum atomic E-state index is 0.313. The third kappa shape index (κ3) is 4.52. The molecule has 1 saturated heterocycles. The normalized spacial score (nSPS) is 24.6. The van der Waals surface area contributed by atoms with Crippen LogP contribution in [0.5, 0.6) is 0 Å². The molecule has 23 heavy (non-hydrogen) atoms. The van der Waals surface area contributed by atoms with Gasteiger partial charge in [-0.3, -0.25) is 4.72 Å². The molecular formula is C20H32N2S. The zero-order valence-electron chi connectivity index (χ0n) is 15.0. The first kappa shape index (κ1) is 17.3. The summed E-state index contributed by atoms with van der Waals surface area (Å²) in [6.45, 7) is 10.7. The van der Waals surface area contributed by atoms with Crippen molar-refractivity contribution in [3.8, 4) is 0 Å². The fourth-order valence-corrected chi connectivity index (χ4v) is 4.74. The Morgan fingerprint density at radius 3 is 2.39 bits per heavy atom. The van der Waals surface area contributed by atoms with E-state index < -0.39 is 0 Å². The molecule has 1 aliphatic heterocycles. The minimum absolute atomic E-state index is 0.313. The van der Waals surface area contributed by atoms with E-state index in [1.165, 1.54) is 57.3 Å². The Kier molecular flexibility index (Phi) is 5.39. The quantitative estimate of drug-likeness (QED) is 0.799. The highest BCUT2D eigenvalue weighted by Gasteiger charge is 2.48. The molecule has 1 heterocycles. The topological polar surface area (TPSA) is 15.3 Å². The third-order valence-electron chi connectivity index (χ3n) is 5.59. The van der Waals surface area contributed by atoms with Gasteiger partial charge >= 0.3 is 0 Å². The Morgan fingerprint density at radius 2 is 1.83 bits per heavy atom. The van der Waals surface area contributed by atoms with Crippen LogP contribution in [0.15, 0.2) is 30.3 Å². The van der Waals surface area contributed by atoms with Crippen LogP contribution in [-0.4, -0.2) is 35.3 Å². The molecule has 1 spiro atoms. The van der Waals surface area contributed by atoms with Crippen LogP contribution in [0.4, 0.5) is 0 Å². The maximum atomic E-state index is 3.79. The van der Waals surface area contributed by atoms with Gasteiger partial charge in [-0.2, -0.15) is 0 Å². The number of hydrogen-bond donors (Lipinski definition) is 1. The van der Waals surface area contributed by atoms with Crippen molar-refractivity contribution in [3.05, 3.63) is 35.9 Å². The van der Waals surface area contributed by atoms with Gasteiger partial charge in [0.2, 0.25) is 0 Å². The summed E-state index contributed by atoms with van der Waals surface area (Å²) in [6, 6.07) is 11.6. The Labute approximate surface area is 146 Å². The summed E-state index contributed by atoms with van der Waals surface area (Å²) in [6.07, 6.45) is 6.75. The monoisotopic (exact) mass is 332 g/mol. The summed E-state index contributed by atoms with van der Waals surface area (Å²) in [7, 11) is 0. The van der Waals surface area contributed by atoms with Crippen molar-refractivity contribution in [1.82, 2.24) is 9.62 Å². The van der Waals surface area contributed by atoms with Gasteiger partial charge in [0.05, 0.1) is 0 Å². The molecule has 0 aromatic heterocycles. The number of hydrogen-bond acceptors (Lipinski definition) is 3. The van der Waals surface area contributed by atoms with Crippen LogP contribution in [-0.2, 0) is 6.42 Å². The molecule has 1 aromatic rings. The fourth-order valence-electron chi connectivity index (χ4n) is 3.88. The molecule has 3 heteroatoms. The largest absolute Gasteiger partial charge is 0.303 e. The van der Waals surface area contributed by atoms with Gasteiger partial charge in [0.1, 0.15) is 0 Å². The highest BCUT2D eigenvalue weighted by molar-refractivity contribution is 7.98. The highest BCUT2D eigenvalue weighted by atomic mass is 32.2. The molecular weight excluding hydrogens is 300 g/mol. The van der Waals surface area contributed by atoms with Crippen LogP contribution < -0.4 is 4.72 Å². The van der Waals surface area contributed by atoms with Crippen LogP contribution >= 0.6 is 11.9 Å². The standard InChI is InChI=1S/C20H32N2S/c1-19(2,3)23-21-18-9-11-20(18)12-15-22(16-13-20)14-10-17-7-5-4-6-8-17/h4-8,18,21H,9-16H2,1-3H3/t18-/m0/s1. The van der Waals surface area contributed by atoms with Crippen LogP contribution in [0, 0.1) is 5.41 Å². The molecule has 0 amide bonds. The lowest BCUT2D eigenvalue weighted by Crippen LogP contribution is -2.57. The molecule has 1 N–H and O–H groups in total. The second kappa shape index (κ2) is 7.16. The lowest BCUT2D eigenvalue weighted by Gasteiger charge is -2.54. The van der Waals surface area contributed by atoms with Crippen molar-refractivity contribution >= 4 is 11.9 Å². The first-order valence-corrected chi connectivity index (χ1v) is 9.98. The average molecular weight is 333 g/mol. The Balaban J connectivity index is 1.43. The number of rotatable bonds is 5. The second-order valence-electron chi connectivity index (χ2n) is 8.36. The second-order valence-corrected chi connectivity index (χ2v) is 10.0. The van der Waals surface area contributed by atoms with Crippen LogP contribution in [0.3, 0.4) is 0 Å². The van der Waals surface area contributed by atoms with E-state index in [9.17, 15) is 0 Å². The molecule has 0 bridgehead atoms. The van der Waals surface area contributed by atoms with Gasteiger partial charge in [-0.15, -0.1) is 0 Å². The van der Waals surface area contributed by atoms with Crippen molar-refractivity contribution in [3.63, 3.8) is 0 Å². The van der Waals surface area contributed by atoms with Gasteiger partial charge in [0, 0.05) is 17.3 Å². The third-order valence-corrected chi connectivity index (χ3v) is 6.60. The molecule has 1 atom stereocenters. The van der Waals surface area contributed by atoms with Crippen molar-refractivity contribution in [2.75, 3.05) is 19.6 Å². The lowest BCUT2D eigenvalue weighted by molar-refractivity contribution is 0.00447. The Hall–Kier alpha value is -0.510. The van der Waals surface area contributed by atoms with E-state index in [0.717, 1.165) is 6.04 Å². The van der Waals surface area contributed by atoms with Crippen molar-refractivity contribution in [1.29, 1.82) is 0 Å². The van der Waals surface area contributed by atoms with E-state index in [-0.39, 0.29) is 0 Å². The van der Waals surface area contributed by atoms with E-state index in [4.69, 9.17) is 0 Å². The zero-order chi connectivity index (χ0) is 16.3. The van der Waals surface area contributed by atoms with Gasteiger partial charge in [-0.05, 0) is 76.9 Å². The Morgan fingerprint density at radius 1 is 1.13 bits per heavy atom. The van der Waals surface area contributed by atoms with E-state index in [1.54, 1.807) is 0 Å². The summed E-state index contributed by atoms with van der Waals surface area (Å²) < 4.78 is 4.10. The SMILES string of the molecule is CC(C)(C)SN[C@H]1CCC12CCN(CCc1ccccc1)CC2. The maximum Gasteiger partial charge on any atom is 0.0229 e. The van der Waals surface area contributed by atoms with E-state index in [1.807, 2.05) is 11.9 Å². The maximum absolute atomic E-state index is 3.79. The molecule has 3 rings (SSSR count). The van der Waals surface area contributed by atoms with Gasteiger partial charge < -0.3 is 4.90 Å². The summed E-state index contributed by atoms with van der Waals surface area (Å²) in [5.41, 5.74) is 2.07. The van der Waals surface area contributed by atoms with Crippen molar-refractivity contribution in [2.45, 2.75) is 63.7 Å². The number of likely N-dealkylation sites (tertiary alicyclic amines) is 1. The number of piperidine rings is 1. The van der Waals surface area contributed by atoms with Gasteiger partial charge in [0.25, 0.3) is 0 Å². The molecule has 2 fully saturated rings. The molecule has 1 aromatic carbocycles. The molecule has 1 aliphatic carbocycles. The predicted molar refractivity (Wildman–Crippen MR) is 102 cm³/mol. The van der Waals surface area contributed by atoms with Crippen molar-refractivity contribution < 1.29 is 0 Å². The predicted octanol–water partition coefficient (Wildman–Crippen LogP) is 4.51. The molecule has 128 valence electrons. The first-order chi connectivity index (χ1) is 11.0. The van der Waals surface area contributed by atoms with Crippen LogP contribution in [0.1, 0.15) is 52.0 Å². The number of nitrogens with zero attached hydrogens (tertiary/aromatic N) is 1. The van der Waals surface area contributed by atoms with Gasteiger partial charge in [-0.1, -0.05) is 42.3 Å². The Bertz CT molecular complexity index is 486. The van der Waals surface area contributed by atoms with Crippen molar-refractivity contribution in [2.24, 2.45) is 5.41 Å². The summed E-state index contributed by atoms with van der Waals surface area (Å²) >= 11 is 1.93.